The highest BCUT2D eigenvalue weighted by Gasteiger charge is 2.20. The number of aromatic nitrogens is 2. The third kappa shape index (κ3) is 2.56. The molecule has 0 saturated carbocycles. The molecular weight excluding hydrogens is 258 g/mol. The lowest BCUT2D eigenvalue weighted by molar-refractivity contribution is 0.103. The van der Waals surface area contributed by atoms with Crippen molar-refractivity contribution in [2.75, 3.05) is 5.32 Å². The molecule has 1 aliphatic rings. The number of thiophene rings is 1. The van der Waals surface area contributed by atoms with E-state index in [9.17, 15) is 4.79 Å². The molecule has 0 radical (unpaired) electrons. The molecule has 0 aromatic carbocycles. The summed E-state index contributed by atoms with van der Waals surface area (Å²) in [4.78, 5) is 14.4. The Kier molecular flexibility index (Phi) is 3.14. The lowest BCUT2D eigenvalue weighted by atomic mass is 9.90. The molecular formula is C14H17N3OS. The maximum atomic E-state index is 12.2. The number of nitrogens with zero attached hydrogens (tertiary/aromatic N) is 2. The third-order valence-corrected chi connectivity index (χ3v) is 4.75. The van der Waals surface area contributed by atoms with Gasteiger partial charge in [0.05, 0.1) is 16.8 Å². The topological polar surface area (TPSA) is 46.9 Å². The molecule has 2 aromatic rings. The van der Waals surface area contributed by atoms with Gasteiger partial charge in [0.15, 0.2) is 0 Å². The number of carbonyl (C=O) groups excluding carboxylic acids is 1. The first-order valence-electron chi connectivity index (χ1n) is 6.53. The number of fused-ring (bicyclic) bond motifs is 1. The van der Waals surface area contributed by atoms with Crippen LogP contribution in [0.2, 0.25) is 0 Å². The van der Waals surface area contributed by atoms with E-state index in [2.05, 4.69) is 23.4 Å². The van der Waals surface area contributed by atoms with Gasteiger partial charge in [0, 0.05) is 18.1 Å². The highest BCUT2D eigenvalue weighted by atomic mass is 32.1. The van der Waals surface area contributed by atoms with Gasteiger partial charge in [-0.25, -0.2) is 0 Å². The van der Waals surface area contributed by atoms with E-state index in [4.69, 9.17) is 0 Å². The van der Waals surface area contributed by atoms with E-state index in [0.29, 0.717) is 0 Å². The number of nitrogens with one attached hydrogen (secondary N) is 1. The number of aryl methyl sites for hydroxylation is 2. The Morgan fingerprint density at radius 3 is 3.16 bits per heavy atom. The monoisotopic (exact) mass is 275 g/mol. The van der Waals surface area contributed by atoms with Crippen molar-refractivity contribution < 1.29 is 4.79 Å². The summed E-state index contributed by atoms with van der Waals surface area (Å²) < 4.78 is 1.68. The average molecular weight is 275 g/mol. The second kappa shape index (κ2) is 4.81. The Balaban J connectivity index is 1.77. The van der Waals surface area contributed by atoms with E-state index in [-0.39, 0.29) is 5.91 Å². The van der Waals surface area contributed by atoms with Crippen LogP contribution in [0.25, 0.3) is 0 Å². The minimum Gasteiger partial charge on any atom is -0.319 e. The van der Waals surface area contributed by atoms with Crippen molar-refractivity contribution >= 4 is 22.9 Å². The quantitative estimate of drug-likeness (QED) is 0.916. The summed E-state index contributed by atoms with van der Waals surface area (Å²) in [5, 5.41) is 6.93. The van der Waals surface area contributed by atoms with Crippen molar-refractivity contribution in [3.05, 3.63) is 33.8 Å². The number of carbonyl (C=O) groups is 1. The van der Waals surface area contributed by atoms with Crippen molar-refractivity contribution in [1.82, 2.24) is 9.78 Å². The SMILES string of the molecule is CC1CCc2sc(C(=O)Nc3cnn(C)c3)cc2C1. The number of anilines is 1. The van der Waals surface area contributed by atoms with Crippen LogP contribution in [0.4, 0.5) is 5.69 Å². The fraction of sp³-hybridized carbons (Fsp3) is 0.429. The molecule has 1 amide bonds. The van der Waals surface area contributed by atoms with Crippen LogP contribution in [0.3, 0.4) is 0 Å². The van der Waals surface area contributed by atoms with Crippen LogP contribution in [0.1, 0.15) is 33.5 Å². The summed E-state index contributed by atoms with van der Waals surface area (Å²) >= 11 is 1.63. The van der Waals surface area contributed by atoms with Crippen LogP contribution in [0.5, 0.6) is 0 Å². The summed E-state index contributed by atoms with van der Waals surface area (Å²) in [6.45, 7) is 2.27. The predicted octanol–water partition coefficient (Wildman–Crippen LogP) is 2.86. The molecule has 0 saturated heterocycles. The first-order valence-corrected chi connectivity index (χ1v) is 7.35. The van der Waals surface area contributed by atoms with Gasteiger partial charge in [0.1, 0.15) is 0 Å². The summed E-state index contributed by atoms with van der Waals surface area (Å²) in [5.41, 5.74) is 2.10. The molecule has 4 nitrogen and oxygen atoms in total. The number of hydrogen-bond acceptors (Lipinski definition) is 3. The molecule has 1 atom stereocenters. The zero-order valence-electron chi connectivity index (χ0n) is 11.1. The molecule has 0 aliphatic heterocycles. The average Bonchev–Trinajstić information content (AvgIpc) is 2.95. The third-order valence-electron chi connectivity index (χ3n) is 3.52. The highest BCUT2D eigenvalue weighted by Crippen LogP contribution is 2.32. The molecule has 0 spiro atoms. The Labute approximate surface area is 116 Å². The first kappa shape index (κ1) is 12.4. The van der Waals surface area contributed by atoms with Crippen molar-refractivity contribution in [3.8, 4) is 0 Å². The van der Waals surface area contributed by atoms with Gasteiger partial charge in [-0.05, 0) is 36.8 Å². The molecule has 2 aromatic heterocycles. The van der Waals surface area contributed by atoms with Crippen LogP contribution in [-0.4, -0.2) is 15.7 Å². The zero-order chi connectivity index (χ0) is 13.4. The van der Waals surface area contributed by atoms with Gasteiger partial charge < -0.3 is 5.32 Å². The van der Waals surface area contributed by atoms with Crippen molar-refractivity contribution in [2.24, 2.45) is 13.0 Å². The van der Waals surface area contributed by atoms with Crippen molar-refractivity contribution in [1.29, 1.82) is 0 Å². The lowest BCUT2D eigenvalue weighted by Crippen LogP contribution is -2.09. The normalized spacial score (nSPS) is 18.1. The van der Waals surface area contributed by atoms with Crippen LogP contribution >= 0.6 is 11.3 Å². The van der Waals surface area contributed by atoms with Gasteiger partial charge in [-0.2, -0.15) is 5.10 Å². The van der Waals surface area contributed by atoms with E-state index >= 15 is 0 Å². The van der Waals surface area contributed by atoms with E-state index in [0.717, 1.165) is 29.3 Å². The Morgan fingerprint density at radius 1 is 1.58 bits per heavy atom. The Morgan fingerprint density at radius 2 is 2.42 bits per heavy atom. The molecule has 5 heteroatoms. The summed E-state index contributed by atoms with van der Waals surface area (Å²) in [7, 11) is 1.83. The standard InChI is InChI=1S/C14H17N3OS/c1-9-3-4-12-10(5-9)6-13(19-12)14(18)16-11-7-15-17(2)8-11/h6-9H,3-5H2,1-2H3,(H,16,18). The van der Waals surface area contributed by atoms with Crippen molar-refractivity contribution in [3.63, 3.8) is 0 Å². The van der Waals surface area contributed by atoms with Gasteiger partial charge >= 0.3 is 0 Å². The van der Waals surface area contributed by atoms with Crippen LogP contribution in [0, 0.1) is 5.92 Å². The number of amides is 1. The minimum atomic E-state index is -0.0277. The van der Waals surface area contributed by atoms with Gasteiger partial charge in [-0.1, -0.05) is 6.92 Å². The molecule has 2 heterocycles. The molecule has 1 N–H and O–H groups in total. The summed E-state index contributed by atoms with van der Waals surface area (Å²) in [6, 6.07) is 2.06. The Hall–Kier alpha value is -1.62. The molecule has 19 heavy (non-hydrogen) atoms. The van der Waals surface area contributed by atoms with E-state index in [1.165, 1.54) is 16.9 Å². The minimum absolute atomic E-state index is 0.0277. The fourth-order valence-electron chi connectivity index (χ4n) is 2.50. The first-order chi connectivity index (χ1) is 9.11. The summed E-state index contributed by atoms with van der Waals surface area (Å²) in [6.07, 6.45) is 6.91. The van der Waals surface area contributed by atoms with E-state index < -0.39 is 0 Å². The smallest absolute Gasteiger partial charge is 0.265 e. The molecule has 3 rings (SSSR count). The van der Waals surface area contributed by atoms with Crippen LogP contribution in [-0.2, 0) is 19.9 Å². The second-order valence-electron chi connectivity index (χ2n) is 5.26. The van der Waals surface area contributed by atoms with Crippen LogP contribution < -0.4 is 5.32 Å². The molecule has 100 valence electrons. The maximum Gasteiger partial charge on any atom is 0.265 e. The molecule has 1 aliphatic carbocycles. The highest BCUT2D eigenvalue weighted by molar-refractivity contribution is 7.14. The van der Waals surface area contributed by atoms with Gasteiger partial charge in [0.2, 0.25) is 0 Å². The van der Waals surface area contributed by atoms with Gasteiger partial charge in [-0.15, -0.1) is 11.3 Å². The van der Waals surface area contributed by atoms with Gasteiger partial charge in [0.25, 0.3) is 5.91 Å². The molecule has 0 bridgehead atoms. The zero-order valence-corrected chi connectivity index (χ0v) is 12.0. The fourth-order valence-corrected chi connectivity index (χ4v) is 3.60. The predicted molar refractivity (Wildman–Crippen MR) is 76.7 cm³/mol. The van der Waals surface area contributed by atoms with Gasteiger partial charge in [-0.3, -0.25) is 9.48 Å². The summed E-state index contributed by atoms with van der Waals surface area (Å²) in [5.74, 6) is 0.705. The second-order valence-corrected chi connectivity index (χ2v) is 6.40. The Bertz CT molecular complexity index is 614. The van der Waals surface area contributed by atoms with Crippen LogP contribution in [0.15, 0.2) is 18.5 Å². The number of hydrogen-bond donors (Lipinski definition) is 1. The maximum absolute atomic E-state index is 12.2. The van der Waals surface area contributed by atoms with Crippen molar-refractivity contribution in [2.45, 2.75) is 26.2 Å². The largest absolute Gasteiger partial charge is 0.319 e. The molecule has 0 fully saturated rings. The van der Waals surface area contributed by atoms with E-state index in [1.807, 2.05) is 7.05 Å². The lowest BCUT2D eigenvalue weighted by Gasteiger charge is -2.16. The van der Waals surface area contributed by atoms with E-state index in [1.54, 1.807) is 28.4 Å². The number of rotatable bonds is 2. The molecule has 1 unspecified atom stereocenters.